The minimum absolute atomic E-state index is 0.00336. The molecule has 1 heterocycles. The molecule has 0 spiro atoms. The number of carboxylic acid groups (broad SMARTS) is 1. The molecule has 4 nitrogen and oxygen atoms in total. The van der Waals surface area contributed by atoms with Crippen LogP contribution < -0.4 is 5.11 Å². The Morgan fingerprint density at radius 1 is 1.47 bits per heavy atom. The van der Waals surface area contributed by atoms with E-state index in [0.717, 1.165) is 5.52 Å². The Hall–Kier alpha value is -1.49. The molecule has 0 unspecified atom stereocenters. The third-order valence-corrected chi connectivity index (χ3v) is 2.64. The molecule has 15 heavy (non-hydrogen) atoms. The van der Waals surface area contributed by atoms with Gasteiger partial charge in [0.2, 0.25) is 0 Å². The second-order valence-electron chi connectivity index (χ2n) is 2.92. The van der Waals surface area contributed by atoms with E-state index in [1.807, 2.05) is 24.3 Å². The second kappa shape index (κ2) is 4.35. The van der Waals surface area contributed by atoms with Gasteiger partial charge in [0.1, 0.15) is 5.52 Å². The van der Waals surface area contributed by atoms with Gasteiger partial charge in [-0.25, -0.2) is 4.98 Å². The topological polar surface area (TPSA) is 66.2 Å². The molecule has 0 fully saturated rings. The molecule has 0 atom stereocenters. The molecule has 1 aromatic heterocycles. The summed E-state index contributed by atoms with van der Waals surface area (Å²) in [6.45, 7) is 0. The van der Waals surface area contributed by atoms with Gasteiger partial charge in [-0.3, -0.25) is 0 Å². The monoisotopic (exact) mass is 222 g/mol. The van der Waals surface area contributed by atoms with Crippen molar-refractivity contribution in [2.24, 2.45) is 0 Å². The lowest BCUT2D eigenvalue weighted by atomic mass is 10.3. The maximum Gasteiger partial charge on any atom is 0.256 e. The summed E-state index contributed by atoms with van der Waals surface area (Å²) in [6, 6.07) is 7.41. The number of aliphatic carboxylic acids is 1. The summed E-state index contributed by atoms with van der Waals surface area (Å²) in [4.78, 5) is 14.4. The third kappa shape index (κ3) is 2.50. The standard InChI is InChI=1S/C10H9NO3S/c12-9(13)5-6-15-10-11-7-3-1-2-4-8(7)14-10/h1-4H,5-6H2,(H,12,13)/p-1. The Morgan fingerprint density at radius 2 is 2.27 bits per heavy atom. The largest absolute Gasteiger partial charge is 0.550 e. The number of thioether (sulfide) groups is 1. The van der Waals surface area contributed by atoms with Gasteiger partial charge in [-0.1, -0.05) is 23.9 Å². The van der Waals surface area contributed by atoms with Crippen molar-refractivity contribution in [2.45, 2.75) is 11.6 Å². The van der Waals surface area contributed by atoms with Crippen LogP contribution in [0.2, 0.25) is 0 Å². The molecule has 0 aliphatic rings. The van der Waals surface area contributed by atoms with Crippen LogP contribution in [0.4, 0.5) is 0 Å². The van der Waals surface area contributed by atoms with E-state index in [9.17, 15) is 9.90 Å². The van der Waals surface area contributed by atoms with Crippen molar-refractivity contribution in [3.63, 3.8) is 0 Å². The summed E-state index contributed by atoms with van der Waals surface area (Å²) in [7, 11) is 0. The number of carbonyl (C=O) groups excluding carboxylic acids is 1. The maximum atomic E-state index is 10.2. The maximum absolute atomic E-state index is 10.2. The first-order valence-corrected chi connectivity index (χ1v) is 5.42. The molecule has 5 heteroatoms. The van der Waals surface area contributed by atoms with Crippen molar-refractivity contribution in [3.8, 4) is 0 Å². The van der Waals surface area contributed by atoms with Gasteiger partial charge in [-0.05, 0) is 18.6 Å². The van der Waals surface area contributed by atoms with Gasteiger partial charge in [-0.15, -0.1) is 0 Å². The summed E-state index contributed by atoms with van der Waals surface area (Å²) >= 11 is 1.28. The number of hydrogen-bond acceptors (Lipinski definition) is 5. The Labute approximate surface area is 90.3 Å². The quantitative estimate of drug-likeness (QED) is 0.723. The fraction of sp³-hybridized carbons (Fsp3) is 0.200. The highest BCUT2D eigenvalue weighted by Crippen LogP contribution is 2.23. The van der Waals surface area contributed by atoms with Crippen LogP contribution in [0.5, 0.6) is 0 Å². The van der Waals surface area contributed by atoms with E-state index in [4.69, 9.17) is 4.42 Å². The molecule has 0 radical (unpaired) electrons. The van der Waals surface area contributed by atoms with Gasteiger partial charge in [0.05, 0.1) is 0 Å². The molecule has 78 valence electrons. The minimum Gasteiger partial charge on any atom is -0.550 e. The molecule has 0 amide bonds. The number of aromatic nitrogens is 1. The van der Waals surface area contributed by atoms with Crippen LogP contribution in [0, 0.1) is 0 Å². The first-order valence-electron chi connectivity index (χ1n) is 4.44. The lowest BCUT2D eigenvalue weighted by molar-refractivity contribution is -0.305. The number of hydrogen-bond donors (Lipinski definition) is 0. The molecule has 2 rings (SSSR count). The first-order chi connectivity index (χ1) is 7.25. The minimum atomic E-state index is -1.06. The predicted octanol–water partition coefficient (Wildman–Crippen LogP) is 1.06. The zero-order valence-electron chi connectivity index (χ0n) is 7.80. The summed E-state index contributed by atoms with van der Waals surface area (Å²) in [5, 5.41) is 10.7. The van der Waals surface area contributed by atoms with E-state index < -0.39 is 5.97 Å². The predicted molar refractivity (Wildman–Crippen MR) is 54.4 cm³/mol. The number of rotatable bonds is 4. The molecule has 0 bridgehead atoms. The van der Waals surface area contributed by atoms with Crippen LogP contribution in [-0.2, 0) is 4.79 Å². The fourth-order valence-corrected chi connectivity index (χ4v) is 1.89. The Bertz CT molecular complexity index is 447. The van der Waals surface area contributed by atoms with E-state index in [-0.39, 0.29) is 6.42 Å². The summed E-state index contributed by atoms with van der Waals surface area (Å²) in [6.07, 6.45) is 0.00336. The number of oxazole rings is 1. The van der Waals surface area contributed by atoms with Crippen LogP contribution in [0.1, 0.15) is 6.42 Å². The highest BCUT2D eigenvalue weighted by atomic mass is 32.2. The van der Waals surface area contributed by atoms with Crippen LogP contribution in [-0.4, -0.2) is 16.7 Å². The Balaban J connectivity index is 2.05. The van der Waals surface area contributed by atoms with Gasteiger partial charge in [0, 0.05) is 11.7 Å². The molecule has 0 aliphatic carbocycles. The highest BCUT2D eigenvalue weighted by molar-refractivity contribution is 7.99. The normalized spacial score (nSPS) is 10.7. The number of fused-ring (bicyclic) bond motifs is 1. The molecule has 2 aromatic rings. The fourth-order valence-electron chi connectivity index (χ4n) is 1.13. The van der Waals surface area contributed by atoms with Crippen LogP contribution in [0.15, 0.2) is 33.9 Å². The average molecular weight is 222 g/mol. The zero-order valence-corrected chi connectivity index (χ0v) is 8.62. The van der Waals surface area contributed by atoms with E-state index >= 15 is 0 Å². The van der Waals surface area contributed by atoms with Gasteiger partial charge >= 0.3 is 0 Å². The van der Waals surface area contributed by atoms with Crippen molar-refractivity contribution in [1.29, 1.82) is 0 Å². The van der Waals surface area contributed by atoms with E-state index in [1.54, 1.807) is 0 Å². The van der Waals surface area contributed by atoms with Crippen molar-refractivity contribution in [1.82, 2.24) is 4.98 Å². The molecular weight excluding hydrogens is 214 g/mol. The SMILES string of the molecule is O=C([O-])CCSc1nc2ccccc2o1. The summed E-state index contributed by atoms with van der Waals surface area (Å²) < 4.78 is 5.39. The Kier molecular flexibility index (Phi) is 2.91. The Morgan fingerprint density at radius 3 is 3.00 bits per heavy atom. The van der Waals surface area contributed by atoms with Crippen molar-refractivity contribution >= 4 is 28.8 Å². The lowest BCUT2D eigenvalue weighted by Crippen LogP contribution is -2.22. The lowest BCUT2D eigenvalue weighted by Gasteiger charge is -1.97. The van der Waals surface area contributed by atoms with Crippen LogP contribution in [0.3, 0.4) is 0 Å². The van der Waals surface area contributed by atoms with Gasteiger partial charge in [0.15, 0.2) is 5.58 Å². The van der Waals surface area contributed by atoms with Gasteiger partial charge in [0.25, 0.3) is 5.22 Å². The van der Waals surface area contributed by atoms with Crippen molar-refractivity contribution in [3.05, 3.63) is 24.3 Å². The van der Waals surface area contributed by atoms with Crippen LogP contribution >= 0.6 is 11.8 Å². The zero-order chi connectivity index (χ0) is 10.7. The smallest absolute Gasteiger partial charge is 0.256 e. The van der Waals surface area contributed by atoms with Crippen molar-refractivity contribution in [2.75, 3.05) is 5.75 Å². The molecule has 0 saturated carbocycles. The molecule has 0 saturated heterocycles. The molecular formula is C10H8NO3S-. The van der Waals surface area contributed by atoms with E-state index in [0.29, 0.717) is 16.6 Å². The number of carboxylic acids is 1. The molecule has 1 aromatic carbocycles. The van der Waals surface area contributed by atoms with Gasteiger partial charge < -0.3 is 14.3 Å². The van der Waals surface area contributed by atoms with Crippen molar-refractivity contribution < 1.29 is 14.3 Å². The number of para-hydroxylation sites is 2. The summed E-state index contributed by atoms with van der Waals surface area (Å²) in [5.74, 6) is -0.645. The molecule has 0 aliphatic heterocycles. The summed E-state index contributed by atoms with van der Waals surface area (Å²) in [5.41, 5.74) is 1.50. The third-order valence-electron chi connectivity index (χ3n) is 1.81. The van der Waals surface area contributed by atoms with Gasteiger partial charge in [-0.2, -0.15) is 0 Å². The average Bonchev–Trinajstić information content (AvgIpc) is 2.59. The first kappa shape index (κ1) is 10.0. The van der Waals surface area contributed by atoms with E-state index in [2.05, 4.69) is 4.98 Å². The number of nitrogens with zero attached hydrogens (tertiary/aromatic N) is 1. The second-order valence-corrected chi connectivity index (χ2v) is 3.96. The number of carbonyl (C=O) groups is 1. The molecule has 0 N–H and O–H groups in total. The number of benzene rings is 1. The van der Waals surface area contributed by atoms with E-state index in [1.165, 1.54) is 11.8 Å². The highest BCUT2D eigenvalue weighted by Gasteiger charge is 2.04. The van der Waals surface area contributed by atoms with Crippen LogP contribution in [0.25, 0.3) is 11.1 Å².